The largest absolute Gasteiger partial charge is 0.392 e. The Morgan fingerprint density at radius 3 is 2.65 bits per heavy atom. The number of aliphatic hydroxyl groups excluding tert-OH is 1. The van der Waals surface area contributed by atoms with Crippen LogP contribution in [0.25, 0.3) is 0 Å². The second kappa shape index (κ2) is 5.26. The Kier molecular flexibility index (Phi) is 3.72. The van der Waals surface area contributed by atoms with Crippen LogP contribution in [0, 0.1) is 10.1 Å². The molecule has 0 saturated heterocycles. The van der Waals surface area contributed by atoms with E-state index in [1.54, 1.807) is 0 Å². The zero-order valence-corrected chi connectivity index (χ0v) is 10.2. The molecule has 0 atom stereocenters. The van der Waals surface area contributed by atoms with E-state index in [9.17, 15) is 10.1 Å². The molecule has 0 fully saturated rings. The Morgan fingerprint density at radius 1 is 1.41 bits per heavy atom. The highest BCUT2D eigenvalue weighted by Gasteiger charge is 2.12. The van der Waals surface area contributed by atoms with Crippen LogP contribution in [0.3, 0.4) is 0 Å². The van der Waals surface area contributed by atoms with Gasteiger partial charge in [0.2, 0.25) is 0 Å². The first-order chi connectivity index (χ1) is 8.19. The van der Waals surface area contributed by atoms with Crippen molar-refractivity contribution >= 4 is 28.1 Å². The molecule has 1 aromatic heterocycles. The average Bonchev–Trinajstić information content (AvgIpc) is 2.79. The third kappa shape index (κ3) is 3.02. The molecule has 0 aliphatic heterocycles. The van der Waals surface area contributed by atoms with Gasteiger partial charge in [-0.1, -0.05) is 23.9 Å². The second-order valence-corrected chi connectivity index (χ2v) is 5.46. The lowest BCUT2D eigenvalue weighted by Crippen LogP contribution is -1.81. The van der Waals surface area contributed by atoms with Gasteiger partial charge in [-0.15, -0.1) is 0 Å². The van der Waals surface area contributed by atoms with Crippen LogP contribution in [0.4, 0.5) is 5.00 Å². The van der Waals surface area contributed by atoms with Crippen LogP contribution in [-0.4, -0.2) is 15.0 Å². The van der Waals surface area contributed by atoms with Crippen molar-refractivity contribution in [1.29, 1.82) is 0 Å². The van der Waals surface area contributed by atoms with Gasteiger partial charge < -0.3 is 5.11 Å². The minimum absolute atomic E-state index is 0.00761. The highest BCUT2D eigenvalue weighted by atomic mass is 32.2. The maximum atomic E-state index is 10.5. The predicted octanol–water partition coefficient (Wildman–Crippen LogP) is 2.69. The van der Waals surface area contributed by atoms with Gasteiger partial charge in [0.15, 0.2) is 4.34 Å². The van der Waals surface area contributed by atoms with Crippen molar-refractivity contribution in [3.8, 4) is 0 Å². The molecule has 0 bridgehead atoms. The lowest BCUT2D eigenvalue weighted by Gasteiger charge is -1.98. The first-order valence-corrected chi connectivity index (χ1v) is 6.30. The zero-order valence-electron chi connectivity index (χ0n) is 8.57. The second-order valence-electron chi connectivity index (χ2n) is 3.13. The highest BCUT2D eigenvalue weighted by Crippen LogP contribution is 2.34. The maximum absolute atomic E-state index is 10.5. The zero-order chi connectivity index (χ0) is 12.3. The van der Waals surface area contributed by atoms with E-state index in [1.807, 2.05) is 24.3 Å². The van der Waals surface area contributed by atoms with Crippen LogP contribution >= 0.6 is 23.1 Å². The lowest BCUT2D eigenvalue weighted by atomic mass is 10.2. The molecular formula is C10H8N2O3S2. The van der Waals surface area contributed by atoms with E-state index in [0.29, 0.717) is 4.34 Å². The summed E-state index contributed by atoms with van der Waals surface area (Å²) < 4.78 is 0.633. The first-order valence-electron chi connectivity index (χ1n) is 4.67. The van der Waals surface area contributed by atoms with Gasteiger partial charge in [-0.3, -0.25) is 10.1 Å². The molecule has 2 aromatic rings. The third-order valence-electron chi connectivity index (χ3n) is 1.96. The van der Waals surface area contributed by atoms with Gasteiger partial charge in [-0.25, -0.2) is 4.98 Å². The van der Waals surface area contributed by atoms with Crippen molar-refractivity contribution in [1.82, 2.24) is 4.98 Å². The molecule has 88 valence electrons. The summed E-state index contributed by atoms with van der Waals surface area (Å²) in [6, 6.07) is 7.32. The molecule has 17 heavy (non-hydrogen) atoms. The van der Waals surface area contributed by atoms with Gasteiger partial charge in [-0.05, 0) is 29.0 Å². The molecule has 1 heterocycles. The predicted molar refractivity (Wildman–Crippen MR) is 65.3 cm³/mol. The Hall–Kier alpha value is -1.44. The summed E-state index contributed by atoms with van der Waals surface area (Å²) in [5.74, 6) is 0. The van der Waals surface area contributed by atoms with Crippen molar-refractivity contribution in [3.63, 3.8) is 0 Å². The van der Waals surface area contributed by atoms with E-state index in [0.717, 1.165) is 21.8 Å². The number of aromatic nitrogens is 1. The van der Waals surface area contributed by atoms with E-state index in [-0.39, 0.29) is 11.6 Å². The molecule has 0 amide bonds. The van der Waals surface area contributed by atoms with Crippen molar-refractivity contribution in [2.24, 2.45) is 0 Å². The summed E-state index contributed by atoms with van der Waals surface area (Å²) in [5, 5.41) is 19.4. The Bertz CT molecular complexity index is 525. The molecule has 0 aliphatic rings. The fourth-order valence-corrected chi connectivity index (χ4v) is 2.90. The van der Waals surface area contributed by atoms with E-state index in [4.69, 9.17) is 5.11 Å². The molecule has 0 radical (unpaired) electrons. The molecule has 0 saturated carbocycles. The minimum atomic E-state index is -0.448. The molecule has 1 aromatic carbocycles. The van der Waals surface area contributed by atoms with Crippen LogP contribution in [0.15, 0.2) is 39.7 Å². The highest BCUT2D eigenvalue weighted by molar-refractivity contribution is 8.01. The van der Waals surface area contributed by atoms with E-state index in [1.165, 1.54) is 18.0 Å². The van der Waals surface area contributed by atoms with Gasteiger partial charge in [-0.2, -0.15) is 0 Å². The fourth-order valence-electron chi connectivity index (χ4n) is 1.15. The summed E-state index contributed by atoms with van der Waals surface area (Å²) in [7, 11) is 0. The molecule has 0 spiro atoms. The lowest BCUT2D eigenvalue weighted by molar-refractivity contribution is -0.380. The van der Waals surface area contributed by atoms with Crippen molar-refractivity contribution in [3.05, 3.63) is 46.1 Å². The third-order valence-corrected chi connectivity index (χ3v) is 3.99. The van der Waals surface area contributed by atoms with Crippen LogP contribution in [0.2, 0.25) is 0 Å². The molecular weight excluding hydrogens is 260 g/mol. The number of thiazole rings is 1. The smallest absolute Gasteiger partial charge is 0.344 e. The van der Waals surface area contributed by atoms with Crippen LogP contribution in [-0.2, 0) is 6.61 Å². The number of hydrogen-bond acceptors (Lipinski definition) is 6. The minimum Gasteiger partial charge on any atom is -0.392 e. The van der Waals surface area contributed by atoms with Crippen molar-refractivity contribution in [2.75, 3.05) is 0 Å². The molecule has 2 rings (SSSR count). The molecule has 7 heteroatoms. The molecule has 0 unspecified atom stereocenters. The summed E-state index contributed by atoms with van der Waals surface area (Å²) in [5.41, 5.74) is 0.833. The van der Waals surface area contributed by atoms with Gasteiger partial charge in [0.05, 0.1) is 11.5 Å². The van der Waals surface area contributed by atoms with Gasteiger partial charge in [0.25, 0.3) is 0 Å². The maximum Gasteiger partial charge on any atom is 0.344 e. The SMILES string of the molecule is O=[N+]([O-])c1cnc(Sc2ccc(CO)cc2)s1. The van der Waals surface area contributed by atoms with Crippen molar-refractivity contribution in [2.45, 2.75) is 15.8 Å². The van der Waals surface area contributed by atoms with Crippen LogP contribution < -0.4 is 0 Å². The normalized spacial score (nSPS) is 10.4. The topological polar surface area (TPSA) is 76.3 Å². The number of hydrogen-bond donors (Lipinski definition) is 1. The Labute approximate surface area is 105 Å². The number of rotatable bonds is 4. The fraction of sp³-hybridized carbons (Fsp3) is 0.100. The summed E-state index contributed by atoms with van der Waals surface area (Å²) in [6.07, 6.45) is 1.26. The molecule has 1 N–H and O–H groups in total. The standard InChI is InChI=1S/C10H8N2O3S2/c13-6-7-1-3-8(4-2-7)16-10-11-5-9(17-10)12(14)15/h1-5,13H,6H2. The van der Waals surface area contributed by atoms with Crippen LogP contribution in [0.1, 0.15) is 5.56 Å². The Morgan fingerprint density at radius 2 is 2.12 bits per heavy atom. The van der Waals surface area contributed by atoms with Crippen molar-refractivity contribution < 1.29 is 10.0 Å². The van der Waals surface area contributed by atoms with E-state index in [2.05, 4.69) is 4.98 Å². The average molecular weight is 268 g/mol. The number of nitro groups is 1. The number of aliphatic hydroxyl groups is 1. The number of benzene rings is 1. The van der Waals surface area contributed by atoms with Gasteiger partial charge in [0, 0.05) is 4.90 Å². The van der Waals surface area contributed by atoms with E-state index < -0.39 is 4.92 Å². The summed E-state index contributed by atoms with van der Waals surface area (Å²) in [6.45, 7) is 0.00761. The monoisotopic (exact) mass is 268 g/mol. The van der Waals surface area contributed by atoms with Gasteiger partial charge >= 0.3 is 5.00 Å². The molecule has 5 nitrogen and oxygen atoms in total. The van der Waals surface area contributed by atoms with Crippen LogP contribution in [0.5, 0.6) is 0 Å². The summed E-state index contributed by atoms with van der Waals surface area (Å²) >= 11 is 2.42. The van der Waals surface area contributed by atoms with E-state index >= 15 is 0 Å². The number of nitrogens with zero attached hydrogens (tertiary/aromatic N) is 2. The Balaban J connectivity index is 2.11. The molecule has 0 aliphatic carbocycles. The quantitative estimate of drug-likeness (QED) is 0.681. The first kappa shape index (κ1) is 12.0. The van der Waals surface area contributed by atoms with Gasteiger partial charge in [0.1, 0.15) is 6.20 Å². The summed E-state index contributed by atoms with van der Waals surface area (Å²) in [4.78, 5) is 14.9.